The highest BCUT2D eigenvalue weighted by Gasteiger charge is 2.21. The average Bonchev–Trinajstić information content (AvgIpc) is 3.29. The molecule has 4 rings (SSSR count). The first-order valence-electron chi connectivity index (χ1n) is 8.49. The Morgan fingerprint density at radius 2 is 1.88 bits per heavy atom. The number of likely N-dealkylation sites (tertiary alicyclic amines) is 1. The van der Waals surface area contributed by atoms with Crippen molar-refractivity contribution in [3.63, 3.8) is 0 Å². The average molecular weight is 339 g/mol. The normalized spacial score (nSPS) is 16.5. The summed E-state index contributed by atoms with van der Waals surface area (Å²) >= 11 is 1.63. The van der Waals surface area contributed by atoms with Gasteiger partial charge in [-0.1, -0.05) is 36.4 Å². The van der Waals surface area contributed by atoms with Crippen LogP contribution in [0.25, 0.3) is 10.8 Å². The Morgan fingerprint density at radius 3 is 2.62 bits per heavy atom. The highest BCUT2D eigenvalue weighted by atomic mass is 32.1. The number of benzene rings is 1. The lowest BCUT2D eigenvalue weighted by Crippen LogP contribution is -2.33. The standard InChI is InChI=1S/C19H21N3OS/c1-2-5-15(6-3-1)13-16-8-10-22(11-9-16)14-18-20-21-19(23-18)17-7-4-12-24-17/h1-7,12,16H,8-11,13-14H2. The van der Waals surface area contributed by atoms with E-state index in [1.54, 1.807) is 11.3 Å². The van der Waals surface area contributed by atoms with E-state index in [1.165, 1.54) is 24.8 Å². The van der Waals surface area contributed by atoms with Crippen molar-refractivity contribution in [1.29, 1.82) is 0 Å². The molecule has 1 saturated heterocycles. The lowest BCUT2D eigenvalue weighted by molar-refractivity contribution is 0.164. The molecule has 1 aliphatic rings. The van der Waals surface area contributed by atoms with Crippen molar-refractivity contribution in [3.8, 4) is 10.8 Å². The van der Waals surface area contributed by atoms with Crippen molar-refractivity contribution in [3.05, 3.63) is 59.3 Å². The maximum Gasteiger partial charge on any atom is 0.257 e. The van der Waals surface area contributed by atoms with Gasteiger partial charge in [-0.3, -0.25) is 4.90 Å². The van der Waals surface area contributed by atoms with Crippen LogP contribution in [0.3, 0.4) is 0 Å². The van der Waals surface area contributed by atoms with Crippen LogP contribution in [-0.2, 0) is 13.0 Å². The van der Waals surface area contributed by atoms with Crippen molar-refractivity contribution in [2.45, 2.75) is 25.8 Å². The third-order valence-corrected chi connectivity index (χ3v) is 5.49. The minimum Gasteiger partial charge on any atom is -0.419 e. The van der Waals surface area contributed by atoms with E-state index >= 15 is 0 Å². The second-order valence-electron chi connectivity index (χ2n) is 6.39. The topological polar surface area (TPSA) is 42.2 Å². The summed E-state index contributed by atoms with van der Waals surface area (Å²) in [6, 6.07) is 14.8. The summed E-state index contributed by atoms with van der Waals surface area (Å²) in [7, 11) is 0. The summed E-state index contributed by atoms with van der Waals surface area (Å²) in [6.07, 6.45) is 3.67. The van der Waals surface area contributed by atoms with Gasteiger partial charge in [-0.2, -0.15) is 0 Å². The molecule has 0 saturated carbocycles. The molecule has 1 aromatic carbocycles. The van der Waals surface area contributed by atoms with Gasteiger partial charge in [0.1, 0.15) is 0 Å². The molecule has 0 spiro atoms. The third kappa shape index (κ3) is 3.74. The lowest BCUT2D eigenvalue weighted by Gasteiger charge is -2.31. The number of piperidine rings is 1. The molecule has 1 fully saturated rings. The Bertz CT molecular complexity index is 746. The van der Waals surface area contributed by atoms with Crippen molar-refractivity contribution in [2.24, 2.45) is 5.92 Å². The zero-order valence-electron chi connectivity index (χ0n) is 13.6. The number of aromatic nitrogens is 2. The van der Waals surface area contributed by atoms with E-state index in [2.05, 4.69) is 45.4 Å². The van der Waals surface area contributed by atoms with E-state index in [1.807, 2.05) is 17.5 Å². The maximum atomic E-state index is 5.80. The first kappa shape index (κ1) is 15.5. The Labute approximate surface area is 146 Å². The quantitative estimate of drug-likeness (QED) is 0.697. The minimum absolute atomic E-state index is 0.638. The van der Waals surface area contributed by atoms with Crippen molar-refractivity contribution < 1.29 is 4.42 Å². The van der Waals surface area contributed by atoms with E-state index in [4.69, 9.17) is 4.42 Å². The second-order valence-corrected chi connectivity index (χ2v) is 7.34. The van der Waals surface area contributed by atoms with E-state index < -0.39 is 0 Å². The summed E-state index contributed by atoms with van der Waals surface area (Å²) in [4.78, 5) is 3.46. The van der Waals surface area contributed by atoms with Gasteiger partial charge in [0, 0.05) is 0 Å². The van der Waals surface area contributed by atoms with Crippen LogP contribution < -0.4 is 0 Å². The fourth-order valence-electron chi connectivity index (χ4n) is 3.30. The van der Waals surface area contributed by atoms with Gasteiger partial charge in [0.15, 0.2) is 0 Å². The fraction of sp³-hybridized carbons (Fsp3) is 0.368. The first-order valence-corrected chi connectivity index (χ1v) is 9.37. The zero-order chi connectivity index (χ0) is 16.2. The number of nitrogens with zero attached hydrogens (tertiary/aromatic N) is 3. The number of hydrogen-bond donors (Lipinski definition) is 0. The summed E-state index contributed by atoms with van der Waals surface area (Å²) in [5, 5.41) is 10.4. The predicted octanol–water partition coefficient (Wildman–Crippen LogP) is 4.25. The monoisotopic (exact) mass is 339 g/mol. The van der Waals surface area contributed by atoms with Crippen molar-refractivity contribution in [1.82, 2.24) is 15.1 Å². The largest absolute Gasteiger partial charge is 0.419 e. The van der Waals surface area contributed by atoms with Crippen LogP contribution in [-0.4, -0.2) is 28.2 Å². The highest BCUT2D eigenvalue weighted by molar-refractivity contribution is 7.13. The molecule has 0 N–H and O–H groups in total. The Hall–Kier alpha value is -1.98. The molecule has 24 heavy (non-hydrogen) atoms. The lowest BCUT2D eigenvalue weighted by atomic mass is 9.90. The second kappa shape index (κ2) is 7.28. The molecule has 0 aliphatic carbocycles. The van der Waals surface area contributed by atoms with Crippen molar-refractivity contribution in [2.75, 3.05) is 13.1 Å². The first-order chi connectivity index (χ1) is 11.9. The van der Waals surface area contributed by atoms with Gasteiger partial charge in [-0.15, -0.1) is 21.5 Å². The molecule has 0 unspecified atom stereocenters. The molecule has 0 amide bonds. The van der Waals surface area contributed by atoms with E-state index in [-0.39, 0.29) is 0 Å². The van der Waals surface area contributed by atoms with Gasteiger partial charge in [0.05, 0.1) is 11.4 Å². The molecule has 3 aromatic rings. The molecule has 0 atom stereocenters. The van der Waals surface area contributed by atoms with Gasteiger partial charge in [-0.25, -0.2) is 0 Å². The van der Waals surface area contributed by atoms with E-state index in [9.17, 15) is 0 Å². The van der Waals surface area contributed by atoms with E-state index in [0.717, 1.165) is 36.3 Å². The Balaban J connectivity index is 1.29. The Morgan fingerprint density at radius 1 is 1.04 bits per heavy atom. The third-order valence-electron chi connectivity index (χ3n) is 4.63. The van der Waals surface area contributed by atoms with Crippen molar-refractivity contribution >= 4 is 11.3 Å². The minimum atomic E-state index is 0.638. The van der Waals surface area contributed by atoms with Gasteiger partial charge >= 0.3 is 0 Å². The molecule has 0 bridgehead atoms. The fourth-order valence-corrected chi connectivity index (χ4v) is 3.95. The summed E-state index contributed by atoms with van der Waals surface area (Å²) in [5.74, 6) is 2.15. The highest BCUT2D eigenvalue weighted by Crippen LogP contribution is 2.25. The number of rotatable bonds is 5. The molecular weight excluding hydrogens is 318 g/mol. The van der Waals surface area contributed by atoms with Gasteiger partial charge < -0.3 is 4.42 Å². The summed E-state index contributed by atoms with van der Waals surface area (Å²) in [5.41, 5.74) is 1.45. The van der Waals surface area contributed by atoms with Crippen LogP contribution in [0.1, 0.15) is 24.3 Å². The smallest absolute Gasteiger partial charge is 0.257 e. The van der Waals surface area contributed by atoms with Gasteiger partial charge in [-0.05, 0) is 55.3 Å². The summed E-state index contributed by atoms with van der Waals surface area (Å²) < 4.78 is 5.80. The SMILES string of the molecule is c1ccc(CC2CCN(Cc3nnc(-c4cccs4)o3)CC2)cc1. The van der Waals surface area contributed by atoms with Crippen LogP contribution in [0.5, 0.6) is 0 Å². The Kier molecular flexibility index (Phi) is 4.71. The van der Waals surface area contributed by atoms with E-state index in [0.29, 0.717) is 5.89 Å². The predicted molar refractivity (Wildman–Crippen MR) is 95.8 cm³/mol. The van der Waals surface area contributed by atoms with Crippen LogP contribution >= 0.6 is 11.3 Å². The van der Waals surface area contributed by atoms with Crippen LogP contribution in [0.15, 0.2) is 52.3 Å². The molecule has 124 valence electrons. The molecule has 2 aromatic heterocycles. The number of hydrogen-bond acceptors (Lipinski definition) is 5. The number of thiophene rings is 1. The van der Waals surface area contributed by atoms with Crippen LogP contribution in [0.4, 0.5) is 0 Å². The molecule has 4 nitrogen and oxygen atoms in total. The molecule has 1 aliphatic heterocycles. The zero-order valence-corrected chi connectivity index (χ0v) is 14.4. The van der Waals surface area contributed by atoms with Crippen LogP contribution in [0, 0.1) is 5.92 Å². The maximum absolute atomic E-state index is 5.80. The molecular formula is C19H21N3OS. The summed E-state index contributed by atoms with van der Waals surface area (Å²) in [6.45, 7) is 2.97. The van der Waals surface area contributed by atoms with Crippen LogP contribution in [0.2, 0.25) is 0 Å². The van der Waals surface area contributed by atoms with Gasteiger partial charge in [0.25, 0.3) is 5.89 Å². The molecule has 5 heteroatoms. The van der Waals surface area contributed by atoms with Gasteiger partial charge in [0.2, 0.25) is 5.89 Å². The molecule has 3 heterocycles. The molecule has 0 radical (unpaired) electrons.